The summed E-state index contributed by atoms with van der Waals surface area (Å²) in [6.07, 6.45) is -8.14. The standard InChI is InChI=1S/C12H24O10S/c1-2-3-4-5-6-21-23(19,20)22-12(18)10(16)8(14)7(13)9(15)11(12)17/h7-11,13-18H,2-6H2,1H3/t7-,8-,9+,10-,11-,12-/m1/s1. The van der Waals surface area contributed by atoms with Crippen LogP contribution in [0.25, 0.3) is 0 Å². The first-order chi connectivity index (χ1) is 10.6. The van der Waals surface area contributed by atoms with Crippen molar-refractivity contribution in [2.75, 3.05) is 6.61 Å². The molecule has 0 radical (unpaired) electrons. The molecule has 11 heteroatoms. The summed E-state index contributed by atoms with van der Waals surface area (Å²) in [5.74, 6) is -3.26. The molecule has 1 fully saturated rings. The normalized spacial score (nSPS) is 38.7. The molecular formula is C12H24O10S. The van der Waals surface area contributed by atoms with Crippen LogP contribution in [0, 0.1) is 0 Å². The maximum Gasteiger partial charge on any atom is 0.402 e. The maximum absolute atomic E-state index is 11.7. The second-order valence-electron chi connectivity index (χ2n) is 5.49. The highest BCUT2D eigenvalue weighted by Gasteiger charge is 2.61. The first kappa shape index (κ1) is 20.7. The van der Waals surface area contributed by atoms with E-state index in [-0.39, 0.29) is 6.61 Å². The van der Waals surface area contributed by atoms with Gasteiger partial charge in [0, 0.05) is 0 Å². The Morgan fingerprint density at radius 2 is 1.43 bits per heavy atom. The molecule has 0 aromatic rings. The van der Waals surface area contributed by atoms with E-state index in [1.54, 1.807) is 0 Å². The minimum Gasteiger partial charge on any atom is -0.387 e. The monoisotopic (exact) mass is 360 g/mol. The Morgan fingerprint density at radius 3 is 1.91 bits per heavy atom. The van der Waals surface area contributed by atoms with Crippen molar-refractivity contribution in [2.45, 2.75) is 68.9 Å². The van der Waals surface area contributed by atoms with Crippen molar-refractivity contribution < 1.29 is 47.4 Å². The van der Waals surface area contributed by atoms with Crippen LogP contribution in [0.15, 0.2) is 0 Å². The second kappa shape index (κ2) is 8.14. The smallest absolute Gasteiger partial charge is 0.387 e. The molecule has 1 rings (SSSR count). The summed E-state index contributed by atoms with van der Waals surface area (Å²) in [7, 11) is -4.83. The fraction of sp³-hybridized carbons (Fsp3) is 1.00. The van der Waals surface area contributed by atoms with Gasteiger partial charge in [0.2, 0.25) is 5.79 Å². The van der Waals surface area contributed by atoms with Gasteiger partial charge >= 0.3 is 10.4 Å². The van der Waals surface area contributed by atoms with Crippen LogP contribution in [0.3, 0.4) is 0 Å². The molecule has 0 spiro atoms. The number of hydrogen-bond donors (Lipinski definition) is 6. The van der Waals surface area contributed by atoms with Gasteiger partial charge in [-0.3, -0.25) is 0 Å². The molecule has 0 unspecified atom stereocenters. The lowest BCUT2D eigenvalue weighted by molar-refractivity contribution is -0.333. The van der Waals surface area contributed by atoms with E-state index in [9.17, 15) is 39.1 Å². The zero-order chi connectivity index (χ0) is 17.8. The summed E-state index contributed by atoms with van der Waals surface area (Å²) in [6.45, 7) is 1.73. The highest BCUT2D eigenvalue weighted by atomic mass is 32.3. The number of unbranched alkanes of at least 4 members (excludes halogenated alkanes) is 3. The van der Waals surface area contributed by atoms with E-state index in [1.165, 1.54) is 0 Å². The molecule has 0 saturated heterocycles. The molecule has 1 aliphatic rings. The molecule has 0 bridgehead atoms. The summed E-state index contributed by atoms with van der Waals surface area (Å²) in [4.78, 5) is 0. The number of aliphatic hydroxyl groups excluding tert-OH is 5. The van der Waals surface area contributed by atoms with Crippen LogP contribution in [0.1, 0.15) is 32.6 Å². The van der Waals surface area contributed by atoms with E-state index in [1.807, 2.05) is 6.92 Å². The van der Waals surface area contributed by atoms with Gasteiger partial charge < -0.3 is 30.6 Å². The summed E-state index contributed by atoms with van der Waals surface area (Å²) in [5, 5.41) is 57.8. The number of aliphatic hydroxyl groups is 6. The Labute approximate surface area is 134 Å². The molecule has 138 valence electrons. The van der Waals surface area contributed by atoms with Crippen LogP contribution in [-0.2, 0) is 18.8 Å². The van der Waals surface area contributed by atoms with Gasteiger partial charge in [0.25, 0.3) is 0 Å². The third-order valence-corrected chi connectivity index (χ3v) is 4.58. The zero-order valence-corrected chi connectivity index (χ0v) is 13.5. The van der Waals surface area contributed by atoms with Gasteiger partial charge in [-0.1, -0.05) is 26.2 Å². The van der Waals surface area contributed by atoms with Gasteiger partial charge in [-0.25, -0.2) is 8.37 Å². The van der Waals surface area contributed by atoms with Gasteiger partial charge in [-0.15, -0.1) is 0 Å². The molecule has 6 atom stereocenters. The molecule has 10 nitrogen and oxygen atoms in total. The van der Waals surface area contributed by atoms with Gasteiger partial charge in [0.15, 0.2) is 0 Å². The molecule has 0 amide bonds. The fourth-order valence-electron chi connectivity index (χ4n) is 2.22. The predicted octanol–water partition coefficient (Wildman–Crippen LogP) is -2.65. The lowest BCUT2D eigenvalue weighted by Crippen LogP contribution is -2.72. The minimum atomic E-state index is -4.83. The van der Waals surface area contributed by atoms with Crippen LogP contribution < -0.4 is 0 Å². The van der Waals surface area contributed by atoms with Crippen molar-refractivity contribution in [1.82, 2.24) is 0 Å². The lowest BCUT2D eigenvalue weighted by atomic mass is 9.82. The van der Waals surface area contributed by atoms with Crippen molar-refractivity contribution in [3.63, 3.8) is 0 Å². The topological polar surface area (TPSA) is 174 Å². The zero-order valence-electron chi connectivity index (χ0n) is 12.6. The van der Waals surface area contributed by atoms with Crippen molar-refractivity contribution in [3.05, 3.63) is 0 Å². The molecule has 0 aromatic heterocycles. The van der Waals surface area contributed by atoms with Gasteiger partial charge in [0.1, 0.15) is 30.5 Å². The van der Waals surface area contributed by atoms with Crippen molar-refractivity contribution in [1.29, 1.82) is 0 Å². The summed E-state index contributed by atoms with van der Waals surface area (Å²) in [5.41, 5.74) is 0. The van der Waals surface area contributed by atoms with E-state index in [2.05, 4.69) is 8.37 Å². The Balaban J connectivity index is 2.75. The lowest BCUT2D eigenvalue weighted by Gasteiger charge is -2.45. The largest absolute Gasteiger partial charge is 0.402 e. The van der Waals surface area contributed by atoms with E-state index in [0.717, 1.165) is 12.8 Å². The maximum atomic E-state index is 11.7. The van der Waals surface area contributed by atoms with Crippen LogP contribution in [0.5, 0.6) is 0 Å². The number of rotatable bonds is 8. The first-order valence-electron chi connectivity index (χ1n) is 7.29. The number of hydrogen-bond acceptors (Lipinski definition) is 10. The van der Waals surface area contributed by atoms with E-state index < -0.39 is 46.7 Å². The van der Waals surface area contributed by atoms with Crippen LogP contribution >= 0.6 is 0 Å². The Kier molecular flexibility index (Phi) is 7.32. The SMILES string of the molecule is CCCCCCOS(=O)(=O)O[C@]1(O)[C@H](O)[C@H](O)[C@@H](O)[C@H](O)[C@H]1O. The second-order valence-corrected chi connectivity index (χ2v) is 6.71. The molecule has 0 aliphatic heterocycles. The van der Waals surface area contributed by atoms with Crippen LogP contribution in [0.2, 0.25) is 0 Å². The average Bonchev–Trinajstić information content (AvgIpc) is 2.49. The third-order valence-electron chi connectivity index (χ3n) is 3.66. The fourth-order valence-corrected chi connectivity index (χ4v) is 3.11. The van der Waals surface area contributed by atoms with Gasteiger partial charge in [0.05, 0.1) is 6.61 Å². The Hall–Kier alpha value is -0.370. The predicted molar refractivity (Wildman–Crippen MR) is 75.1 cm³/mol. The third kappa shape index (κ3) is 4.81. The van der Waals surface area contributed by atoms with Crippen molar-refractivity contribution >= 4 is 10.4 Å². The molecule has 6 N–H and O–H groups in total. The Bertz CT molecular complexity index is 450. The highest BCUT2D eigenvalue weighted by molar-refractivity contribution is 7.81. The van der Waals surface area contributed by atoms with E-state index in [0.29, 0.717) is 12.8 Å². The first-order valence-corrected chi connectivity index (χ1v) is 8.63. The van der Waals surface area contributed by atoms with Gasteiger partial charge in [-0.2, -0.15) is 8.42 Å². The molecule has 0 aromatic carbocycles. The summed E-state index contributed by atoms with van der Waals surface area (Å²) in [6, 6.07) is 0. The summed E-state index contributed by atoms with van der Waals surface area (Å²) < 4.78 is 32.1. The van der Waals surface area contributed by atoms with Crippen molar-refractivity contribution in [3.8, 4) is 0 Å². The van der Waals surface area contributed by atoms with Gasteiger partial charge in [-0.05, 0) is 6.42 Å². The molecular weight excluding hydrogens is 336 g/mol. The molecule has 1 saturated carbocycles. The highest BCUT2D eigenvalue weighted by Crippen LogP contribution is 2.33. The minimum absolute atomic E-state index is 0.238. The molecule has 23 heavy (non-hydrogen) atoms. The van der Waals surface area contributed by atoms with E-state index >= 15 is 0 Å². The average molecular weight is 360 g/mol. The molecule has 0 heterocycles. The molecule has 1 aliphatic carbocycles. The van der Waals surface area contributed by atoms with E-state index in [4.69, 9.17) is 0 Å². The summed E-state index contributed by atoms with van der Waals surface area (Å²) >= 11 is 0. The Morgan fingerprint density at radius 1 is 0.913 bits per heavy atom. The quantitative estimate of drug-likeness (QED) is 0.198. The van der Waals surface area contributed by atoms with Crippen LogP contribution in [0.4, 0.5) is 0 Å². The van der Waals surface area contributed by atoms with Crippen LogP contribution in [-0.4, -0.2) is 82.0 Å². The van der Waals surface area contributed by atoms with Crippen molar-refractivity contribution in [2.24, 2.45) is 0 Å².